The van der Waals surface area contributed by atoms with Crippen molar-refractivity contribution in [2.75, 3.05) is 5.32 Å². The molecule has 2 N–H and O–H groups in total. The van der Waals surface area contributed by atoms with Gasteiger partial charge >= 0.3 is 0 Å². The number of carbonyl (C=O) groups excluding carboxylic acids is 1. The van der Waals surface area contributed by atoms with Gasteiger partial charge in [-0.2, -0.15) is 0 Å². The number of amides is 1. The first kappa shape index (κ1) is 18.5. The fourth-order valence-corrected chi connectivity index (χ4v) is 3.69. The lowest BCUT2D eigenvalue weighted by Gasteiger charge is -2.12. The van der Waals surface area contributed by atoms with Crippen molar-refractivity contribution in [3.8, 4) is 11.3 Å². The van der Waals surface area contributed by atoms with E-state index in [4.69, 9.17) is 4.42 Å². The molecule has 5 heteroatoms. The van der Waals surface area contributed by atoms with Crippen LogP contribution in [0.4, 0.5) is 5.69 Å². The molecule has 0 fully saturated rings. The molecule has 140 valence electrons. The standard InChI is InChI=1S/C23H18BrNO3/c1-14-8-9-15(22-11-10-16(13-26)28-22)12-21(14)25-23(27)19-6-2-5-18-17(19)4-3-7-20(18)24/h2-12,26H,13H2,1H3,(H,25,27). The molecule has 0 radical (unpaired) electrons. The van der Waals surface area contributed by atoms with Gasteiger partial charge in [-0.25, -0.2) is 0 Å². The van der Waals surface area contributed by atoms with Gasteiger partial charge < -0.3 is 14.8 Å². The molecule has 0 aliphatic heterocycles. The van der Waals surface area contributed by atoms with Crippen molar-refractivity contribution < 1.29 is 14.3 Å². The van der Waals surface area contributed by atoms with Crippen LogP contribution in [0.2, 0.25) is 0 Å². The highest BCUT2D eigenvalue weighted by atomic mass is 79.9. The number of anilines is 1. The first-order valence-corrected chi connectivity index (χ1v) is 9.65. The maximum absolute atomic E-state index is 13.0. The summed E-state index contributed by atoms with van der Waals surface area (Å²) in [6.45, 7) is 1.80. The Hall–Kier alpha value is -2.89. The Bertz CT molecular complexity index is 1180. The monoisotopic (exact) mass is 435 g/mol. The maximum Gasteiger partial charge on any atom is 0.256 e. The molecular weight excluding hydrogens is 418 g/mol. The number of aryl methyl sites for hydroxylation is 1. The van der Waals surface area contributed by atoms with E-state index < -0.39 is 0 Å². The van der Waals surface area contributed by atoms with E-state index in [1.165, 1.54) is 0 Å². The van der Waals surface area contributed by atoms with Crippen molar-refractivity contribution in [1.82, 2.24) is 0 Å². The van der Waals surface area contributed by atoms with Crippen LogP contribution >= 0.6 is 15.9 Å². The van der Waals surface area contributed by atoms with Gasteiger partial charge in [-0.05, 0) is 53.6 Å². The quantitative estimate of drug-likeness (QED) is 0.418. The van der Waals surface area contributed by atoms with Gasteiger partial charge in [0.15, 0.2) is 0 Å². The maximum atomic E-state index is 13.0. The average molecular weight is 436 g/mol. The zero-order valence-electron chi connectivity index (χ0n) is 15.2. The molecule has 0 atom stereocenters. The smallest absolute Gasteiger partial charge is 0.256 e. The summed E-state index contributed by atoms with van der Waals surface area (Å²) in [6.07, 6.45) is 0. The molecule has 4 rings (SSSR count). The minimum atomic E-state index is -0.167. The molecule has 1 heterocycles. The third kappa shape index (κ3) is 3.46. The number of hydrogen-bond donors (Lipinski definition) is 2. The van der Waals surface area contributed by atoms with Crippen LogP contribution in [0.3, 0.4) is 0 Å². The number of aliphatic hydroxyl groups is 1. The molecule has 0 spiro atoms. The van der Waals surface area contributed by atoms with Crippen molar-refractivity contribution in [2.24, 2.45) is 0 Å². The molecule has 0 aliphatic carbocycles. The number of rotatable bonds is 4. The molecule has 0 unspecified atom stereocenters. The number of carbonyl (C=O) groups is 1. The zero-order chi connectivity index (χ0) is 19.7. The Morgan fingerprint density at radius 1 is 1.04 bits per heavy atom. The number of aliphatic hydroxyl groups excluding tert-OH is 1. The topological polar surface area (TPSA) is 62.5 Å². The summed E-state index contributed by atoms with van der Waals surface area (Å²) in [5.74, 6) is 0.982. The van der Waals surface area contributed by atoms with Gasteiger partial charge in [0.25, 0.3) is 5.91 Å². The summed E-state index contributed by atoms with van der Waals surface area (Å²) in [6, 6.07) is 20.8. The fraction of sp³-hybridized carbons (Fsp3) is 0.0870. The third-order valence-corrected chi connectivity index (χ3v) is 5.39. The second kappa shape index (κ2) is 7.62. The zero-order valence-corrected chi connectivity index (χ0v) is 16.8. The number of halogens is 1. The van der Waals surface area contributed by atoms with E-state index in [1.807, 2.05) is 67.6 Å². The van der Waals surface area contributed by atoms with Gasteiger partial charge in [0, 0.05) is 21.3 Å². The highest BCUT2D eigenvalue weighted by molar-refractivity contribution is 9.10. The normalized spacial score (nSPS) is 11.0. The number of nitrogens with one attached hydrogen (secondary N) is 1. The second-order valence-electron chi connectivity index (χ2n) is 6.55. The van der Waals surface area contributed by atoms with E-state index in [0.717, 1.165) is 32.1 Å². The minimum absolute atomic E-state index is 0.147. The molecule has 3 aromatic carbocycles. The molecule has 1 aromatic heterocycles. The summed E-state index contributed by atoms with van der Waals surface area (Å²) in [5.41, 5.74) is 3.12. The Balaban J connectivity index is 1.68. The molecule has 0 saturated carbocycles. The largest absolute Gasteiger partial charge is 0.459 e. The lowest BCUT2D eigenvalue weighted by molar-refractivity contribution is 0.102. The highest BCUT2D eigenvalue weighted by Crippen LogP contribution is 2.29. The molecule has 0 bridgehead atoms. The summed E-state index contributed by atoms with van der Waals surface area (Å²) < 4.78 is 6.56. The summed E-state index contributed by atoms with van der Waals surface area (Å²) in [7, 11) is 0. The van der Waals surface area contributed by atoms with Crippen LogP contribution < -0.4 is 5.32 Å². The lowest BCUT2D eigenvalue weighted by Crippen LogP contribution is -2.13. The van der Waals surface area contributed by atoms with Gasteiger partial charge in [-0.1, -0.05) is 52.3 Å². The van der Waals surface area contributed by atoms with Crippen LogP contribution in [0, 0.1) is 6.92 Å². The highest BCUT2D eigenvalue weighted by Gasteiger charge is 2.14. The first-order valence-electron chi connectivity index (χ1n) is 8.86. The Labute approximate surface area is 170 Å². The van der Waals surface area contributed by atoms with E-state index in [2.05, 4.69) is 21.2 Å². The molecule has 0 aliphatic rings. The lowest BCUT2D eigenvalue weighted by atomic mass is 10.0. The summed E-state index contributed by atoms with van der Waals surface area (Å²) in [4.78, 5) is 13.0. The van der Waals surface area contributed by atoms with E-state index in [9.17, 15) is 9.90 Å². The van der Waals surface area contributed by atoms with Crippen LogP contribution in [0.25, 0.3) is 22.1 Å². The molecular formula is C23H18BrNO3. The molecule has 28 heavy (non-hydrogen) atoms. The molecule has 1 amide bonds. The van der Waals surface area contributed by atoms with Crippen LogP contribution in [0.1, 0.15) is 21.7 Å². The van der Waals surface area contributed by atoms with E-state index in [-0.39, 0.29) is 12.5 Å². The van der Waals surface area contributed by atoms with Crippen LogP contribution in [0.15, 0.2) is 75.6 Å². The predicted molar refractivity (Wildman–Crippen MR) is 114 cm³/mol. The van der Waals surface area contributed by atoms with Gasteiger partial charge in [0.05, 0.1) is 0 Å². The average Bonchev–Trinajstić information content (AvgIpc) is 3.19. The van der Waals surface area contributed by atoms with Gasteiger partial charge in [0.1, 0.15) is 18.1 Å². The van der Waals surface area contributed by atoms with Crippen molar-refractivity contribution >= 4 is 38.3 Å². The van der Waals surface area contributed by atoms with Crippen LogP contribution in [-0.4, -0.2) is 11.0 Å². The predicted octanol–water partition coefficient (Wildman–Crippen LogP) is 5.92. The van der Waals surface area contributed by atoms with Crippen molar-refractivity contribution in [3.63, 3.8) is 0 Å². The fourth-order valence-electron chi connectivity index (χ4n) is 3.19. The Morgan fingerprint density at radius 2 is 1.82 bits per heavy atom. The Morgan fingerprint density at radius 3 is 2.61 bits per heavy atom. The Kier molecular flexibility index (Phi) is 5.03. The minimum Gasteiger partial charge on any atom is -0.459 e. The molecule has 0 saturated heterocycles. The number of hydrogen-bond acceptors (Lipinski definition) is 3. The number of furan rings is 1. The van der Waals surface area contributed by atoms with E-state index in [0.29, 0.717) is 17.1 Å². The van der Waals surface area contributed by atoms with Gasteiger partial charge in [-0.3, -0.25) is 4.79 Å². The second-order valence-corrected chi connectivity index (χ2v) is 7.40. The van der Waals surface area contributed by atoms with Crippen molar-refractivity contribution in [3.05, 3.63) is 88.1 Å². The van der Waals surface area contributed by atoms with Gasteiger partial charge in [-0.15, -0.1) is 0 Å². The van der Waals surface area contributed by atoms with E-state index >= 15 is 0 Å². The summed E-state index contributed by atoms with van der Waals surface area (Å²) >= 11 is 3.54. The summed E-state index contributed by atoms with van der Waals surface area (Å²) in [5, 5.41) is 14.1. The number of fused-ring (bicyclic) bond motifs is 1. The van der Waals surface area contributed by atoms with Crippen LogP contribution in [-0.2, 0) is 6.61 Å². The number of benzene rings is 3. The van der Waals surface area contributed by atoms with Crippen molar-refractivity contribution in [1.29, 1.82) is 0 Å². The molecule has 4 aromatic rings. The third-order valence-electron chi connectivity index (χ3n) is 4.70. The first-order chi connectivity index (χ1) is 13.6. The molecule has 4 nitrogen and oxygen atoms in total. The SMILES string of the molecule is Cc1ccc(-c2ccc(CO)o2)cc1NC(=O)c1cccc2c(Br)cccc12. The van der Waals surface area contributed by atoms with Crippen LogP contribution in [0.5, 0.6) is 0 Å². The van der Waals surface area contributed by atoms with Gasteiger partial charge in [0.2, 0.25) is 0 Å². The van der Waals surface area contributed by atoms with Crippen molar-refractivity contribution in [2.45, 2.75) is 13.5 Å². The van der Waals surface area contributed by atoms with E-state index in [1.54, 1.807) is 6.07 Å².